The molecule has 0 aromatic rings. The van der Waals surface area contributed by atoms with Crippen LogP contribution in [0.4, 0.5) is 0 Å². The van der Waals surface area contributed by atoms with Crippen molar-refractivity contribution in [2.75, 3.05) is 198 Å². The van der Waals surface area contributed by atoms with Gasteiger partial charge in [0.1, 0.15) is 0 Å². The molecule has 0 amide bonds. The van der Waals surface area contributed by atoms with E-state index in [0.29, 0.717) is 23.0 Å². The van der Waals surface area contributed by atoms with E-state index in [1.807, 2.05) is 0 Å². The zero-order valence-electron chi connectivity index (χ0n) is 34.7. The molecule has 14 N–H and O–H groups in total. The smallest absolute Gasteiger partial charge is 0.854 e. The van der Waals surface area contributed by atoms with Gasteiger partial charge in [-0.3, -0.25) is 0 Å². The van der Waals surface area contributed by atoms with E-state index < -0.39 is 0 Å². The Labute approximate surface area is 435 Å². The Hall–Kier alpha value is 4.35. The van der Waals surface area contributed by atoms with Crippen LogP contribution in [0.5, 0.6) is 0 Å². The first-order valence-corrected chi connectivity index (χ1v) is 26.9. The van der Waals surface area contributed by atoms with E-state index in [4.69, 9.17) is 71.5 Å². The number of aliphatic hydroxyl groups excluding tert-OH is 14. The third kappa shape index (κ3) is 172. The van der Waals surface area contributed by atoms with Crippen molar-refractivity contribution in [2.24, 2.45) is 0 Å². The summed E-state index contributed by atoms with van der Waals surface area (Å²) >= 11 is 12.3. The largest absolute Gasteiger partial charge is 2.00 e. The molecule has 27 heteroatoms. The molecule has 0 spiro atoms. The topological polar surface area (TPSA) is 329 Å². The van der Waals surface area contributed by atoms with Gasteiger partial charge < -0.3 is 81.7 Å². The van der Waals surface area contributed by atoms with Crippen LogP contribution < -0.4 is 10.2 Å². The molecule has 16 nitrogen and oxygen atoms in total. The molecule has 0 aliphatic rings. The normalized spacial score (nSPS) is 8.95. The van der Waals surface area contributed by atoms with Crippen LogP contribution in [0, 0.1) is 0 Å². The van der Waals surface area contributed by atoms with Crippen molar-refractivity contribution in [2.45, 2.75) is 0 Å². The molecule has 0 fully saturated rings. The van der Waals surface area contributed by atoms with Crippen LogP contribution in [0.15, 0.2) is 0 Å². The van der Waals surface area contributed by atoms with Crippen LogP contribution in [-0.2, 0) is 43.4 Å². The Kier molecular flexibility index (Phi) is 182. The van der Waals surface area contributed by atoms with Crippen molar-refractivity contribution in [3.05, 3.63) is 0 Å². The Morgan fingerprint density at radius 2 is 0.288 bits per heavy atom. The fourth-order valence-corrected chi connectivity index (χ4v) is 5.51. The molecule has 0 rings (SSSR count). The first kappa shape index (κ1) is 89.9. The minimum Gasteiger partial charge on any atom is -0.854 e. The molecule has 360 valence electrons. The van der Waals surface area contributed by atoms with Crippen molar-refractivity contribution in [1.29, 1.82) is 0 Å². The first-order valence-electron chi connectivity index (χ1n) is 17.6. The third-order valence-corrected chi connectivity index (χ3v) is 11.3. The van der Waals surface area contributed by atoms with E-state index in [-0.39, 0.29) is 172 Å². The molecule has 0 aliphatic carbocycles. The monoisotopic (exact) mass is 1090 g/mol. The van der Waals surface area contributed by atoms with Gasteiger partial charge in [0.2, 0.25) is 0 Å². The van der Waals surface area contributed by atoms with Crippen molar-refractivity contribution >= 4 is 117 Å². The number of rotatable bonds is 32. The maximum atomic E-state index is 9.70. The summed E-state index contributed by atoms with van der Waals surface area (Å²) in [5, 5.41) is 134. The van der Waals surface area contributed by atoms with Crippen LogP contribution in [0.3, 0.4) is 0 Å². The van der Waals surface area contributed by atoms with Gasteiger partial charge in [-0.25, -0.2) is 0 Å². The van der Waals surface area contributed by atoms with Gasteiger partial charge in [0.25, 0.3) is 0 Å². The van der Waals surface area contributed by atoms with Gasteiger partial charge in [-0.15, -0.1) is 13.2 Å². The van der Waals surface area contributed by atoms with Crippen LogP contribution in [0.2, 0.25) is 0 Å². The maximum absolute atomic E-state index is 9.70. The Morgan fingerprint density at radius 3 is 0.356 bits per heavy atom. The van der Waals surface area contributed by atoms with Gasteiger partial charge in [-0.05, 0) is 11.5 Å². The average Bonchev–Trinajstić information content (AvgIpc) is 3.21. The Balaban J connectivity index is -0.0000000492. The zero-order valence-corrected chi connectivity index (χ0v) is 45.7. The summed E-state index contributed by atoms with van der Waals surface area (Å²) in [5.41, 5.74) is 0. The molecule has 0 heterocycles. The van der Waals surface area contributed by atoms with E-state index >= 15 is 0 Å². The standard InChI is InChI=1S/6C4H10O2S.2C4H9O2S.Mg.2Ti/c8*5-1-3-7-4-2-6;;;/h6*5-6H,1-4H2;2*5H,1-4H2;;;/q;;;;;;2*-1;+2;;. The molecule has 59 heavy (non-hydrogen) atoms. The minimum atomic E-state index is -0.0370. The van der Waals surface area contributed by atoms with Gasteiger partial charge in [0.05, 0.1) is 92.5 Å². The second-order valence-corrected chi connectivity index (χ2v) is 18.2. The first-order chi connectivity index (χ1) is 27.3. The van der Waals surface area contributed by atoms with Gasteiger partial charge in [-0.2, -0.15) is 94.1 Å². The van der Waals surface area contributed by atoms with Gasteiger partial charge in [-0.1, -0.05) is 0 Å². The molecule has 0 bridgehead atoms. The molecular weight excluding hydrogens is 1020 g/mol. The van der Waals surface area contributed by atoms with Crippen LogP contribution in [0.1, 0.15) is 0 Å². The summed E-state index contributed by atoms with van der Waals surface area (Å²) in [6.07, 6.45) is 0. The molecular formula is C32H78MgO16S8Ti2. The zero-order chi connectivity index (χ0) is 44.3. The van der Waals surface area contributed by atoms with E-state index in [1.54, 1.807) is 70.6 Å². The maximum Gasteiger partial charge on any atom is 2.00 e. The van der Waals surface area contributed by atoms with Crippen molar-refractivity contribution in [3.63, 3.8) is 0 Å². The summed E-state index contributed by atoms with van der Waals surface area (Å²) in [6.45, 7) is 2.85. The molecule has 0 atom stereocenters. The molecule has 0 aromatic carbocycles. The molecule has 0 saturated heterocycles. The van der Waals surface area contributed by atoms with Crippen LogP contribution >= 0.6 is 94.1 Å². The molecule has 0 unspecified atom stereocenters. The van der Waals surface area contributed by atoms with Crippen molar-refractivity contribution in [1.82, 2.24) is 0 Å². The second-order valence-electron chi connectivity index (χ2n) is 8.44. The molecule has 0 aromatic heterocycles. The van der Waals surface area contributed by atoms with Gasteiger partial charge >= 0.3 is 23.1 Å². The summed E-state index contributed by atoms with van der Waals surface area (Å²) < 4.78 is 0. The van der Waals surface area contributed by atoms with Crippen LogP contribution in [0.25, 0.3) is 0 Å². The van der Waals surface area contributed by atoms with Gasteiger partial charge in [0, 0.05) is 124 Å². The Bertz CT molecular complexity index is 371. The average molecular weight is 1100 g/mol. The van der Waals surface area contributed by atoms with Crippen molar-refractivity contribution in [3.8, 4) is 0 Å². The third-order valence-electron chi connectivity index (χ3n) is 3.75. The van der Waals surface area contributed by atoms with E-state index in [1.165, 1.54) is 23.5 Å². The minimum absolute atomic E-state index is 0. The molecule has 0 saturated carbocycles. The second kappa shape index (κ2) is 119. The predicted octanol–water partition coefficient (Wildman–Crippen LogP) is -4.02. The fraction of sp³-hybridized carbons (Fsp3) is 1.00. The van der Waals surface area contributed by atoms with Gasteiger partial charge in [0.15, 0.2) is 0 Å². The van der Waals surface area contributed by atoms with Crippen LogP contribution in [-0.4, -0.2) is 292 Å². The van der Waals surface area contributed by atoms with E-state index in [9.17, 15) is 10.2 Å². The number of thioether (sulfide) groups is 8. The number of hydrogen-bond donors (Lipinski definition) is 14. The molecule has 0 aliphatic heterocycles. The molecule has 0 radical (unpaired) electrons. The van der Waals surface area contributed by atoms with E-state index in [0.717, 1.165) is 69.0 Å². The summed E-state index contributed by atoms with van der Waals surface area (Å²) in [5.74, 6) is 11.5. The number of aliphatic hydroxyl groups is 14. The quantitative estimate of drug-likeness (QED) is 0.0225. The predicted molar refractivity (Wildman–Crippen MR) is 253 cm³/mol. The summed E-state index contributed by atoms with van der Waals surface area (Å²) in [4.78, 5) is 0. The Morgan fingerprint density at radius 1 is 0.203 bits per heavy atom. The summed E-state index contributed by atoms with van der Waals surface area (Å²) in [7, 11) is 0. The number of hydrogen-bond acceptors (Lipinski definition) is 24. The van der Waals surface area contributed by atoms with E-state index in [2.05, 4.69) is 0 Å². The SMILES string of the molecule is OCCSCCO.OCCSCCO.OCCSCCO.OCCSCCO.OCCSCCO.OCCSCCO.[Mg+2].[O-]CCSCCO.[O-]CCSCCO.[Ti].[Ti]. The summed E-state index contributed by atoms with van der Waals surface area (Å²) in [6, 6.07) is 0. The fourth-order valence-electron chi connectivity index (χ4n) is 1.84. The van der Waals surface area contributed by atoms with Crippen molar-refractivity contribution < 1.29 is 125 Å².